The fraction of sp³-hybridized carbons (Fsp3) is 0.500. The van der Waals surface area contributed by atoms with Crippen molar-refractivity contribution in [3.8, 4) is 5.75 Å². The maximum Gasteiger partial charge on any atom is 0.573 e. The summed E-state index contributed by atoms with van der Waals surface area (Å²) in [6, 6.07) is 4.68. The Morgan fingerprint density at radius 3 is 2.12 bits per heavy atom. The zero-order valence-corrected chi connectivity index (χ0v) is 12.1. The molecule has 1 saturated heterocycles. The molecule has 2 rings (SSSR count). The molecule has 1 aliphatic rings. The van der Waals surface area contributed by atoms with E-state index in [2.05, 4.69) is 4.74 Å². The largest absolute Gasteiger partial charge is 0.573 e. The minimum Gasteiger partial charge on any atom is -0.481 e. The molecule has 24 heavy (non-hydrogen) atoms. The number of hydrogen-bond acceptors (Lipinski definition) is 3. The molecule has 1 aromatic rings. The summed E-state index contributed by atoms with van der Waals surface area (Å²) in [6.07, 6.45) is -9.45. The van der Waals surface area contributed by atoms with Crippen LogP contribution >= 0.6 is 0 Å². The van der Waals surface area contributed by atoms with Crippen molar-refractivity contribution in [1.82, 2.24) is 4.90 Å². The van der Waals surface area contributed by atoms with Gasteiger partial charge in [-0.15, -0.1) is 13.2 Å². The molecule has 0 bridgehead atoms. The second-order valence-electron chi connectivity index (χ2n) is 5.48. The molecule has 0 aliphatic carbocycles. The van der Waals surface area contributed by atoms with Gasteiger partial charge in [0.25, 0.3) is 0 Å². The van der Waals surface area contributed by atoms with Crippen molar-refractivity contribution in [2.24, 2.45) is 11.8 Å². The number of likely N-dealkylation sites (tertiary alicyclic amines) is 1. The van der Waals surface area contributed by atoms with Crippen LogP contribution in [0.3, 0.4) is 0 Å². The first kappa shape index (κ1) is 18.4. The third-order valence-electron chi connectivity index (χ3n) is 3.70. The van der Waals surface area contributed by atoms with E-state index in [0.29, 0.717) is 5.56 Å². The fourth-order valence-corrected chi connectivity index (χ4v) is 2.65. The lowest BCUT2D eigenvalue weighted by molar-refractivity contribution is -0.274. The smallest absolute Gasteiger partial charge is 0.481 e. The highest BCUT2D eigenvalue weighted by Gasteiger charge is 2.52. The first-order valence-corrected chi connectivity index (χ1v) is 6.82. The van der Waals surface area contributed by atoms with Crippen molar-refractivity contribution in [2.75, 3.05) is 13.1 Å². The predicted molar refractivity (Wildman–Crippen MR) is 69.1 cm³/mol. The summed E-state index contributed by atoms with van der Waals surface area (Å²) in [7, 11) is 0. The van der Waals surface area contributed by atoms with Crippen LogP contribution in [0.1, 0.15) is 5.56 Å². The van der Waals surface area contributed by atoms with Crippen LogP contribution in [0, 0.1) is 11.8 Å². The van der Waals surface area contributed by atoms with Crippen molar-refractivity contribution in [1.29, 1.82) is 0 Å². The monoisotopic (exact) mass is 357 g/mol. The number of aliphatic carboxylic acids is 1. The van der Waals surface area contributed by atoms with Gasteiger partial charge in [0.2, 0.25) is 0 Å². The third kappa shape index (κ3) is 4.76. The Labute approximate surface area is 132 Å². The van der Waals surface area contributed by atoms with E-state index >= 15 is 0 Å². The number of nitrogens with zero attached hydrogens (tertiary/aromatic N) is 1. The summed E-state index contributed by atoms with van der Waals surface area (Å²) in [5, 5.41) is 8.93. The van der Waals surface area contributed by atoms with Crippen molar-refractivity contribution < 1.29 is 41.0 Å². The average molecular weight is 357 g/mol. The highest BCUT2D eigenvalue weighted by atomic mass is 19.4. The van der Waals surface area contributed by atoms with Gasteiger partial charge in [-0.25, -0.2) is 0 Å². The Bertz CT molecular complexity index is 584. The van der Waals surface area contributed by atoms with E-state index < -0.39 is 42.6 Å². The summed E-state index contributed by atoms with van der Waals surface area (Å²) in [5.74, 6) is -5.49. The Balaban J connectivity index is 2.02. The molecule has 1 aliphatic heterocycles. The van der Waals surface area contributed by atoms with Crippen molar-refractivity contribution in [3.05, 3.63) is 29.8 Å². The number of hydrogen-bond donors (Lipinski definition) is 1. The summed E-state index contributed by atoms with van der Waals surface area (Å²) >= 11 is 0. The summed E-state index contributed by atoms with van der Waals surface area (Å²) in [5.41, 5.74) is 0.455. The van der Waals surface area contributed by atoms with Gasteiger partial charge in [0, 0.05) is 19.6 Å². The molecule has 134 valence electrons. The number of alkyl halides is 6. The fourth-order valence-electron chi connectivity index (χ4n) is 2.65. The Kier molecular flexibility index (Phi) is 4.97. The number of carboxylic acid groups (broad SMARTS) is 1. The van der Waals surface area contributed by atoms with E-state index in [1.807, 2.05) is 0 Å². The van der Waals surface area contributed by atoms with Gasteiger partial charge in [0.05, 0.1) is 11.8 Å². The maximum atomic E-state index is 12.9. The van der Waals surface area contributed by atoms with Crippen LogP contribution in [0.5, 0.6) is 5.75 Å². The number of ether oxygens (including phenoxy) is 1. The van der Waals surface area contributed by atoms with Crippen molar-refractivity contribution >= 4 is 5.97 Å². The number of benzene rings is 1. The minimum absolute atomic E-state index is 0.00264. The van der Waals surface area contributed by atoms with Crippen LogP contribution in [0.15, 0.2) is 24.3 Å². The molecule has 10 heteroatoms. The van der Waals surface area contributed by atoms with Gasteiger partial charge in [-0.05, 0) is 17.7 Å². The third-order valence-corrected chi connectivity index (χ3v) is 3.70. The first-order valence-electron chi connectivity index (χ1n) is 6.82. The molecule has 1 heterocycles. The van der Waals surface area contributed by atoms with E-state index in [1.165, 1.54) is 17.0 Å². The predicted octanol–water partition coefficient (Wildman–Crippen LogP) is 3.28. The highest BCUT2D eigenvalue weighted by Crippen LogP contribution is 2.38. The summed E-state index contributed by atoms with van der Waals surface area (Å²) in [6.45, 7) is -0.746. The normalized spacial score (nSPS) is 22.6. The molecule has 0 aromatic heterocycles. The molecular formula is C14H13F6NO3. The molecule has 0 unspecified atom stereocenters. The van der Waals surface area contributed by atoms with Crippen LogP contribution in [0.4, 0.5) is 26.3 Å². The summed E-state index contributed by atoms with van der Waals surface area (Å²) < 4.78 is 78.5. The van der Waals surface area contributed by atoms with E-state index in [1.54, 1.807) is 0 Å². The van der Waals surface area contributed by atoms with Gasteiger partial charge in [0.15, 0.2) is 0 Å². The van der Waals surface area contributed by atoms with Crippen LogP contribution in [-0.2, 0) is 11.3 Å². The zero-order chi connectivity index (χ0) is 18.1. The highest BCUT2D eigenvalue weighted by molar-refractivity contribution is 5.71. The van der Waals surface area contributed by atoms with Gasteiger partial charge < -0.3 is 9.84 Å². The van der Waals surface area contributed by atoms with Crippen LogP contribution in [0.25, 0.3) is 0 Å². The Hall–Kier alpha value is -1.97. The molecule has 1 fully saturated rings. The van der Waals surface area contributed by atoms with Crippen molar-refractivity contribution in [3.63, 3.8) is 0 Å². The first-order chi connectivity index (χ1) is 11.0. The SMILES string of the molecule is O=C(O)[C@@H]1CN(Cc2ccc(OC(F)(F)F)cc2)C[C@H]1C(F)(F)F. The topological polar surface area (TPSA) is 49.8 Å². The molecule has 0 saturated carbocycles. The molecule has 2 atom stereocenters. The van der Waals surface area contributed by atoms with Gasteiger partial charge >= 0.3 is 18.5 Å². The van der Waals surface area contributed by atoms with E-state index in [0.717, 1.165) is 12.1 Å². The van der Waals surface area contributed by atoms with E-state index in [-0.39, 0.29) is 13.1 Å². The number of halogens is 6. The van der Waals surface area contributed by atoms with E-state index in [4.69, 9.17) is 5.11 Å². The van der Waals surface area contributed by atoms with Crippen LogP contribution in [0.2, 0.25) is 0 Å². The molecule has 1 N–H and O–H groups in total. The van der Waals surface area contributed by atoms with Gasteiger partial charge in [-0.2, -0.15) is 13.2 Å². The average Bonchev–Trinajstić information content (AvgIpc) is 2.83. The summed E-state index contributed by atoms with van der Waals surface area (Å²) in [4.78, 5) is 12.3. The Morgan fingerprint density at radius 2 is 1.71 bits per heavy atom. The number of carbonyl (C=O) groups is 1. The quantitative estimate of drug-likeness (QED) is 0.841. The number of carboxylic acids is 1. The molecular weight excluding hydrogens is 344 g/mol. The minimum atomic E-state index is -4.83. The lowest BCUT2D eigenvalue weighted by Gasteiger charge is -2.18. The Morgan fingerprint density at radius 1 is 1.12 bits per heavy atom. The molecule has 4 nitrogen and oxygen atoms in total. The number of rotatable bonds is 4. The molecule has 0 spiro atoms. The maximum absolute atomic E-state index is 12.9. The lowest BCUT2D eigenvalue weighted by atomic mass is 9.96. The molecule has 0 radical (unpaired) electrons. The second-order valence-corrected chi connectivity index (χ2v) is 5.48. The standard InChI is InChI=1S/C14H13F6NO3/c15-13(16,17)11-7-21(6-10(11)12(22)23)5-8-1-3-9(4-2-8)24-14(18,19)20/h1-4,10-11H,5-7H2,(H,22,23)/t10-,11-/m1/s1. The van der Waals surface area contributed by atoms with Gasteiger partial charge in [-0.1, -0.05) is 12.1 Å². The van der Waals surface area contributed by atoms with E-state index in [9.17, 15) is 31.1 Å². The molecule has 1 aromatic carbocycles. The lowest BCUT2D eigenvalue weighted by Crippen LogP contribution is -2.33. The van der Waals surface area contributed by atoms with Crippen LogP contribution < -0.4 is 4.74 Å². The van der Waals surface area contributed by atoms with Gasteiger partial charge in [-0.3, -0.25) is 9.69 Å². The zero-order valence-electron chi connectivity index (χ0n) is 12.1. The van der Waals surface area contributed by atoms with Crippen LogP contribution in [-0.4, -0.2) is 41.6 Å². The van der Waals surface area contributed by atoms with Crippen molar-refractivity contribution in [2.45, 2.75) is 19.1 Å². The molecule has 0 amide bonds. The van der Waals surface area contributed by atoms with Gasteiger partial charge in [0.1, 0.15) is 5.75 Å². The second kappa shape index (κ2) is 6.50.